The molecule has 1 fully saturated rings. The molecule has 0 aromatic heterocycles. The molecular weight excluding hydrogens is 404 g/mol. The molecule has 5 heteroatoms. The average Bonchev–Trinajstić information content (AvgIpc) is 3.26. The SMILES string of the molecule is CCOc1cc(OC)c2c(c1)O[C@@]1(c3ccc(OC)cc3)[C@H](c3ccccc3)CC[C@@]21O. The maximum atomic E-state index is 12.4. The number of fused-ring (bicyclic) bond motifs is 3. The van der Waals surface area contributed by atoms with Gasteiger partial charge in [-0.15, -0.1) is 0 Å². The van der Waals surface area contributed by atoms with Crippen molar-refractivity contribution >= 4 is 0 Å². The van der Waals surface area contributed by atoms with E-state index in [4.69, 9.17) is 18.9 Å². The van der Waals surface area contributed by atoms with Crippen molar-refractivity contribution in [2.45, 2.75) is 36.9 Å². The van der Waals surface area contributed by atoms with Gasteiger partial charge in [0, 0.05) is 18.1 Å². The van der Waals surface area contributed by atoms with Crippen LogP contribution in [-0.2, 0) is 11.2 Å². The monoisotopic (exact) mass is 432 g/mol. The molecule has 1 aliphatic heterocycles. The fraction of sp³-hybridized carbons (Fsp3) is 0.333. The van der Waals surface area contributed by atoms with Crippen molar-refractivity contribution in [3.63, 3.8) is 0 Å². The van der Waals surface area contributed by atoms with Crippen LogP contribution in [-0.4, -0.2) is 25.9 Å². The van der Waals surface area contributed by atoms with Crippen molar-refractivity contribution in [2.75, 3.05) is 20.8 Å². The maximum Gasteiger partial charge on any atom is 0.174 e. The fourth-order valence-corrected chi connectivity index (χ4v) is 5.56. The molecule has 0 saturated heterocycles. The van der Waals surface area contributed by atoms with Crippen molar-refractivity contribution in [1.82, 2.24) is 0 Å². The van der Waals surface area contributed by atoms with Crippen molar-refractivity contribution in [3.8, 4) is 23.0 Å². The van der Waals surface area contributed by atoms with E-state index in [0.29, 0.717) is 35.8 Å². The van der Waals surface area contributed by atoms with Gasteiger partial charge in [0.2, 0.25) is 0 Å². The summed E-state index contributed by atoms with van der Waals surface area (Å²) in [6, 6.07) is 21.8. The third kappa shape index (κ3) is 2.81. The summed E-state index contributed by atoms with van der Waals surface area (Å²) >= 11 is 0. The average molecular weight is 433 g/mol. The molecule has 2 aliphatic rings. The smallest absolute Gasteiger partial charge is 0.174 e. The Morgan fingerprint density at radius 3 is 2.38 bits per heavy atom. The Morgan fingerprint density at radius 2 is 1.72 bits per heavy atom. The summed E-state index contributed by atoms with van der Waals surface area (Å²) in [4.78, 5) is 0. The summed E-state index contributed by atoms with van der Waals surface area (Å²) in [6.07, 6.45) is 1.33. The molecule has 0 amide bonds. The molecule has 5 rings (SSSR count). The normalized spacial score (nSPS) is 25.6. The van der Waals surface area contributed by atoms with E-state index in [2.05, 4.69) is 12.1 Å². The van der Waals surface area contributed by atoms with Gasteiger partial charge in [-0.05, 0) is 43.0 Å². The van der Waals surface area contributed by atoms with Gasteiger partial charge in [-0.1, -0.05) is 42.5 Å². The second kappa shape index (κ2) is 7.75. The summed E-state index contributed by atoms with van der Waals surface area (Å²) < 4.78 is 23.7. The largest absolute Gasteiger partial charge is 0.497 e. The zero-order valence-electron chi connectivity index (χ0n) is 18.6. The minimum atomic E-state index is -1.26. The molecule has 166 valence electrons. The molecule has 1 aliphatic carbocycles. The van der Waals surface area contributed by atoms with Crippen LogP contribution >= 0.6 is 0 Å². The fourth-order valence-electron chi connectivity index (χ4n) is 5.56. The Labute approximate surface area is 188 Å². The minimum absolute atomic E-state index is 0.0465. The number of hydrogen-bond donors (Lipinski definition) is 1. The molecule has 3 aromatic rings. The number of benzene rings is 3. The molecular formula is C27H28O5. The number of rotatable bonds is 6. The highest BCUT2D eigenvalue weighted by molar-refractivity contribution is 5.61. The molecule has 1 N–H and O–H groups in total. The van der Waals surface area contributed by atoms with Crippen molar-refractivity contribution in [2.24, 2.45) is 0 Å². The first-order valence-corrected chi connectivity index (χ1v) is 11.0. The van der Waals surface area contributed by atoms with Gasteiger partial charge in [-0.25, -0.2) is 0 Å². The first-order valence-electron chi connectivity index (χ1n) is 11.0. The first-order chi connectivity index (χ1) is 15.6. The number of hydrogen-bond acceptors (Lipinski definition) is 5. The van der Waals surface area contributed by atoms with E-state index in [0.717, 1.165) is 23.3 Å². The van der Waals surface area contributed by atoms with E-state index >= 15 is 0 Å². The standard InChI is InChI=1S/C27H28O5/c1-4-31-21-16-23(30-3)25-24(17-21)32-27(19-10-12-20(29-2)13-11-19)22(14-15-26(25,27)28)18-8-6-5-7-9-18/h5-13,16-17,22,28H,4,14-15H2,1-3H3/t22-,26+,27-/m0/s1. The van der Waals surface area contributed by atoms with Gasteiger partial charge in [-0.2, -0.15) is 0 Å². The molecule has 5 nitrogen and oxygen atoms in total. The molecule has 0 unspecified atom stereocenters. The van der Waals surface area contributed by atoms with Crippen LogP contribution in [0.25, 0.3) is 0 Å². The highest BCUT2D eigenvalue weighted by Crippen LogP contribution is 2.68. The van der Waals surface area contributed by atoms with Crippen LogP contribution in [0.4, 0.5) is 0 Å². The molecule has 0 radical (unpaired) electrons. The number of aliphatic hydroxyl groups is 1. The summed E-state index contributed by atoms with van der Waals surface area (Å²) in [5.41, 5.74) is 0.478. The van der Waals surface area contributed by atoms with Crippen molar-refractivity contribution in [1.29, 1.82) is 0 Å². The third-order valence-corrected chi connectivity index (χ3v) is 6.88. The van der Waals surface area contributed by atoms with Crippen LogP contribution in [0.3, 0.4) is 0 Å². The van der Waals surface area contributed by atoms with E-state index in [1.807, 2.05) is 61.5 Å². The lowest BCUT2D eigenvalue weighted by molar-refractivity contribution is -0.106. The van der Waals surface area contributed by atoms with Crippen LogP contribution in [0.1, 0.15) is 42.4 Å². The van der Waals surface area contributed by atoms with Gasteiger partial charge < -0.3 is 24.1 Å². The van der Waals surface area contributed by atoms with Crippen LogP contribution in [0.5, 0.6) is 23.0 Å². The van der Waals surface area contributed by atoms with Crippen molar-refractivity contribution in [3.05, 3.63) is 83.4 Å². The zero-order valence-corrected chi connectivity index (χ0v) is 18.6. The first kappa shape index (κ1) is 20.7. The Hall–Kier alpha value is -3.18. The lowest BCUT2D eigenvalue weighted by Gasteiger charge is -2.40. The zero-order chi connectivity index (χ0) is 22.3. The molecule has 1 saturated carbocycles. The van der Waals surface area contributed by atoms with Crippen LogP contribution in [0.2, 0.25) is 0 Å². The molecule has 0 spiro atoms. The third-order valence-electron chi connectivity index (χ3n) is 6.88. The minimum Gasteiger partial charge on any atom is -0.497 e. The Kier molecular flexibility index (Phi) is 5.01. The molecule has 32 heavy (non-hydrogen) atoms. The summed E-state index contributed by atoms with van der Waals surface area (Å²) in [6.45, 7) is 2.47. The molecule has 3 atom stereocenters. The van der Waals surface area contributed by atoms with Gasteiger partial charge >= 0.3 is 0 Å². The van der Waals surface area contributed by atoms with E-state index < -0.39 is 11.2 Å². The number of ether oxygens (including phenoxy) is 4. The Balaban J connectivity index is 1.75. The maximum absolute atomic E-state index is 12.4. The van der Waals surface area contributed by atoms with Crippen LogP contribution in [0.15, 0.2) is 66.7 Å². The van der Waals surface area contributed by atoms with E-state index in [1.165, 1.54) is 0 Å². The van der Waals surface area contributed by atoms with Crippen LogP contribution in [0, 0.1) is 0 Å². The molecule has 3 aromatic carbocycles. The summed E-state index contributed by atoms with van der Waals surface area (Å²) in [7, 11) is 3.26. The summed E-state index contributed by atoms with van der Waals surface area (Å²) in [5, 5.41) is 12.4. The van der Waals surface area contributed by atoms with E-state index in [9.17, 15) is 5.11 Å². The molecule has 1 heterocycles. The highest BCUT2D eigenvalue weighted by Gasteiger charge is 2.69. The Bertz CT molecular complexity index is 1110. The predicted octanol–water partition coefficient (Wildman–Crippen LogP) is 5.16. The second-order valence-corrected chi connectivity index (χ2v) is 8.36. The summed E-state index contributed by atoms with van der Waals surface area (Å²) in [5.74, 6) is 2.56. The van der Waals surface area contributed by atoms with Gasteiger partial charge in [0.1, 0.15) is 28.6 Å². The van der Waals surface area contributed by atoms with Gasteiger partial charge in [-0.3, -0.25) is 0 Å². The number of methoxy groups -OCH3 is 2. The van der Waals surface area contributed by atoms with Crippen LogP contribution < -0.4 is 18.9 Å². The topological polar surface area (TPSA) is 57.2 Å². The molecule has 0 bridgehead atoms. The van der Waals surface area contributed by atoms with Gasteiger partial charge in [0.25, 0.3) is 0 Å². The van der Waals surface area contributed by atoms with Gasteiger partial charge in [0.15, 0.2) is 5.60 Å². The highest BCUT2D eigenvalue weighted by atomic mass is 16.5. The Morgan fingerprint density at radius 1 is 0.969 bits per heavy atom. The van der Waals surface area contributed by atoms with E-state index in [1.54, 1.807) is 14.2 Å². The van der Waals surface area contributed by atoms with Gasteiger partial charge in [0.05, 0.1) is 26.4 Å². The van der Waals surface area contributed by atoms with Crippen molar-refractivity contribution < 1.29 is 24.1 Å². The lowest BCUT2D eigenvalue weighted by Crippen LogP contribution is -2.48. The van der Waals surface area contributed by atoms with E-state index in [-0.39, 0.29) is 5.92 Å². The quantitative estimate of drug-likeness (QED) is 0.583. The lowest BCUT2D eigenvalue weighted by atomic mass is 9.71. The second-order valence-electron chi connectivity index (χ2n) is 8.36. The predicted molar refractivity (Wildman–Crippen MR) is 122 cm³/mol.